The Morgan fingerprint density at radius 3 is 1.12 bits per heavy atom. The van der Waals surface area contributed by atoms with Crippen molar-refractivity contribution in [2.75, 3.05) is 231 Å². The highest BCUT2D eigenvalue weighted by molar-refractivity contribution is 5.01. The van der Waals surface area contributed by atoms with E-state index in [4.69, 9.17) is 56.8 Å². The van der Waals surface area contributed by atoms with Crippen LogP contribution in [-0.4, -0.2) is 286 Å². The second-order valence-corrected chi connectivity index (χ2v) is 21.0. The number of pyridine rings is 1. The van der Waals surface area contributed by atoms with Crippen molar-refractivity contribution in [3.05, 3.63) is 65.3 Å². The largest absolute Gasteiger partial charge is 0.479 e. The van der Waals surface area contributed by atoms with Crippen molar-refractivity contribution in [2.45, 2.75) is 107 Å². The van der Waals surface area contributed by atoms with Crippen LogP contribution in [0, 0.1) is 47.1 Å². The lowest BCUT2D eigenvalue weighted by Gasteiger charge is -2.23. The normalized spacial score (nSPS) is 17.4. The van der Waals surface area contributed by atoms with E-state index < -0.39 is 51.3 Å². The molecule has 1 aromatic heterocycles. The van der Waals surface area contributed by atoms with E-state index in [1.54, 1.807) is 77.3 Å². The Morgan fingerprint density at radius 1 is 0.500 bits per heavy atom. The summed E-state index contributed by atoms with van der Waals surface area (Å²) in [7, 11) is 39.5. The average Bonchev–Trinajstić information content (AvgIpc) is 3.18. The molecular formula is C63H129F11N6O16. The van der Waals surface area contributed by atoms with Crippen molar-refractivity contribution in [3.63, 3.8) is 0 Å². The first-order valence-electron chi connectivity index (χ1n) is 31.3. The summed E-state index contributed by atoms with van der Waals surface area (Å²) in [5.41, 5.74) is 0.972. The van der Waals surface area contributed by atoms with Crippen LogP contribution < -0.4 is 25.8 Å². The van der Waals surface area contributed by atoms with Gasteiger partial charge in [0.25, 0.3) is 6.43 Å². The molecule has 2 aliphatic carbocycles. The molecule has 0 aromatic carbocycles. The van der Waals surface area contributed by atoms with Crippen LogP contribution in [0.2, 0.25) is 0 Å². The molecule has 33 heteroatoms. The smallest absolute Gasteiger partial charge is 0.435 e. The second-order valence-electron chi connectivity index (χ2n) is 21.0. The van der Waals surface area contributed by atoms with Crippen LogP contribution in [0.3, 0.4) is 0 Å². The summed E-state index contributed by atoms with van der Waals surface area (Å²) < 4.78 is 198. The molecule has 2 saturated carbocycles. The Balaban J connectivity index is -0.000000178. The van der Waals surface area contributed by atoms with Gasteiger partial charge < -0.3 is 102 Å². The summed E-state index contributed by atoms with van der Waals surface area (Å²) in [6.45, 7) is 11.0. The van der Waals surface area contributed by atoms with Gasteiger partial charge in [0, 0.05) is 145 Å². The summed E-state index contributed by atoms with van der Waals surface area (Å²) >= 11 is 0. The average molecular weight is 1440 g/mol. The molecule has 0 radical (unpaired) electrons. The lowest BCUT2D eigenvalue weighted by atomic mass is 10.2. The third-order valence-electron chi connectivity index (χ3n) is 11.4. The maximum atomic E-state index is 11.2. The molecule has 22 nitrogen and oxygen atoms in total. The minimum atomic E-state index is -4.17. The van der Waals surface area contributed by atoms with E-state index in [9.17, 15) is 48.3 Å². The van der Waals surface area contributed by atoms with Crippen LogP contribution in [-0.2, 0) is 82.4 Å². The van der Waals surface area contributed by atoms with Crippen LogP contribution in [0.25, 0.3) is 0 Å². The topological polar surface area (TPSA) is 219 Å². The minimum absolute atomic E-state index is 0.150. The number of ether oxygens (including phenoxy) is 16. The molecule has 0 spiro atoms. The molecule has 4 atom stereocenters. The number of nitrogens with one attached hydrogen (secondary N) is 2. The van der Waals surface area contributed by atoms with Gasteiger partial charge in [0.1, 0.15) is 25.9 Å². The van der Waals surface area contributed by atoms with Gasteiger partial charge in [-0.3, -0.25) is 4.98 Å². The quantitative estimate of drug-likeness (QED) is 0.0566. The lowest BCUT2D eigenvalue weighted by Crippen LogP contribution is -3.05. The molecule has 8 N–H and O–H groups in total. The van der Waals surface area contributed by atoms with Crippen LogP contribution in [0.1, 0.15) is 57.1 Å². The van der Waals surface area contributed by atoms with Crippen molar-refractivity contribution in [2.24, 2.45) is 11.8 Å². The highest BCUT2D eigenvalue weighted by Gasteiger charge is 2.29. The van der Waals surface area contributed by atoms with E-state index in [1.807, 2.05) is 35.9 Å². The second kappa shape index (κ2) is 79.9. The molecule has 1 aromatic rings. The van der Waals surface area contributed by atoms with Crippen LogP contribution in [0.5, 0.6) is 0 Å². The third kappa shape index (κ3) is 110. The van der Waals surface area contributed by atoms with Gasteiger partial charge in [0.15, 0.2) is 6.54 Å². The first kappa shape index (κ1) is 107. The van der Waals surface area contributed by atoms with Gasteiger partial charge >= 0.3 is 18.5 Å². The summed E-state index contributed by atoms with van der Waals surface area (Å²) in [4.78, 5) is 5.38. The number of methoxy groups -OCH3 is 12. The fourth-order valence-electron chi connectivity index (χ4n) is 5.84. The number of nitrogens with zero attached hydrogens (tertiary/aromatic N) is 1. The molecule has 5 heterocycles. The van der Waals surface area contributed by atoms with Gasteiger partial charge in [0.2, 0.25) is 0 Å². The molecule has 0 amide bonds. The number of quaternary nitrogens is 5. The summed E-state index contributed by atoms with van der Waals surface area (Å²) in [6.07, 6.45) is -1.32. The predicted octanol–water partition coefficient (Wildman–Crippen LogP) is 3.77. The third-order valence-corrected chi connectivity index (χ3v) is 11.4. The molecule has 6 aliphatic rings. The maximum absolute atomic E-state index is 11.2. The predicted molar refractivity (Wildman–Crippen MR) is 343 cm³/mol. The monoisotopic (exact) mass is 1430 g/mol. The van der Waals surface area contributed by atoms with Crippen LogP contribution in [0.15, 0.2) is 24.4 Å². The number of aromatic nitrogens is 1. The first-order chi connectivity index (χ1) is 45.4. The van der Waals surface area contributed by atoms with E-state index in [2.05, 4.69) is 59.2 Å². The van der Waals surface area contributed by atoms with Crippen LogP contribution in [0.4, 0.5) is 48.3 Å². The fourth-order valence-corrected chi connectivity index (χ4v) is 5.84. The molecule has 584 valence electrons. The van der Waals surface area contributed by atoms with E-state index in [1.165, 1.54) is 51.3 Å². The Bertz CT molecular complexity index is 1500. The number of rotatable bonds is 24. The first-order valence-corrected chi connectivity index (χ1v) is 31.3. The zero-order chi connectivity index (χ0) is 74.8. The Hall–Kier alpha value is -2.46. The molecule has 4 saturated heterocycles. The molecule has 7 rings (SSSR count). The summed E-state index contributed by atoms with van der Waals surface area (Å²) in [6, 6.07) is 5.77. The van der Waals surface area contributed by atoms with Crippen molar-refractivity contribution in [3.8, 4) is 0 Å². The molecule has 6 fully saturated rings. The van der Waals surface area contributed by atoms with E-state index >= 15 is 0 Å². The number of nitrogens with two attached hydrogens (primary N) is 3. The number of hydrogen-bond acceptors (Lipinski definition) is 17. The fraction of sp³-hybridized carbons (Fsp3) is 0.841. The van der Waals surface area contributed by atoms with E-state index in [0.29, 0.717) is 44.2 Å². The maximum Gasteiger partial charge on any atom is 0.435 e. The highest BCUT2D eigenvalue weighted by Crippen LogP contribution is 2.28. The number of likely N-dealkylation sites (N-methyl/N-ethyl adjacent to an activating group) is 1. The summed E-state index contributed by atoms with van der Waals surface area (Å²) in [5, 5.41) is 4.68. The van der Waals surface area contributed by atoms with Crippen LogP contribution >= 0.6 is 0 Å². The van der Waals surface area contributed by atoms with E-state index in [-0.39, 0.29) is 4.90 Å². The number of hydrogen-bond donors (Lipinski definition) is 5. The molecular weight excluding hydrogens is 1310 g/mol. The SMILES string of the molecule is COC1CCOCC1.COC1COC1.COCC(F)(F)F.COCC(F)F.COCC1CC1.COCCOC.COCc1ccccn1.CO[C@@H]1CCOC1.CO[C@H]1CCOC1.[CH2-][NH+](C)CC(F)(F)F.[CH2-][NH+](C)CCOC.[CH2-][NH2+]CC(F)(F)F.[CH2-][NH2+]CC1CC1.[CH2-][NH2+]CCOC. The standard InChI is InChI=1S/C7H9NO.C6H12O2.C5H13NO.C5H11N.2C5H10O2.C5H10O.C4H8F3N.C4H11NO.C4H8O2.C4H10O2.C3H6F3N.C3H5F3O.C3H6F2O/c1-9-6-7-4-2-3-5-8-7;1-7-6-2-4-8-5-3-6;1-6(2)4-5-7-3;1-6-4-5-2-3-5;2*1-6-5-2-3-7-4-5;1-6-4-5-2-3-5;1-8(2)3-4(5,6)7;1-5-3-4-6-2;1-5-4-2-6-3-4;1-5-3-4-6-2;2*1-7-2-3(4,5)6;1-6-2-3(4)5/h2-5H,6H2,1H3;6H,2-5H2,1H3;6H,1,4-5H2,2-3H3;5H,1-4,6H2;2*5H,2-4H2,1H3;5H,2-4H2,1H3;8H,1,3H2,2H3;1,3-5H2,2H3;4H,2-3H2,1H3;3-4H2,1-2H3;1-2,7H2;2H2,1H3;3H,2H2,1H3/t;;;;2*5-;;;;;;;;/m....10......../s1. The lowest BCUT2D eigenvalue weighted by molar-refractivity contribution is -0.844. The number of halogens is 11. The van der Waals surface area contributed by atoms with Crippen molar-refractivity contribution in [1.29, 1.82) is 0 Å². The van der Waals surface area contributed by atoms with Gasteiger partial charge in [-0.15, -0.1) is 0 Å². The van der Waals surface area contributed by atoms with Gasteiger partial charge in [-0.25, -0.2) is 8.78 Å². The zero-order valence-electron chi connectivity index (χ0n) is 60.3. The number of alkyl halides is 11. The van der Waals surface area contributed by atoms with Crippen molar-refractivity contribution < 1.29 is 150 Å². The van der Waals surface area contributed by atoms with Gasteiger partial charge in [-0.05, 0) is 69.4 Å². The Kier molecular flexibility index (Phi) is 89.0. The van der Waals surface area contributed by atoms with Gasteiger partial charge in [0.05, 0.1) is 103 Å². The minimum Gasteiger partial charge on any atom is -0.479 e. The molecule has 96 heavy (non-hydrogen) atoms. The molecule has 2 unspecified atom stereocenters. The van der Waals surface area contributed by atoms with Gasteiger partial charge in [-0.2, -0.15) is 74.8 Å². The van der Waals surface area contributed by atoms with Crippen molar-refractivity contribution >= 4 is 0 Å². The van der Waals surface area contributed by atoms with E-state index in [0.717, 1.165) is 141 Å². The molecule has 0 bridgehead atoms. The van der Waals surface area contributed by atoms with Crippen molar-refractivity contribution in [1.82, 2.24) is 4.98 Å². The Morgan fingerprint density at radius 2 is 0.969 bits per heavy atom. The van der Waals surface area contributed by atoms with Gasteiger partial charge in [-0.1, -0.05) is 6.07 Å². The summed E-state index contributed by atoms with van der Waals surface area (Å²) in [5.74, 6) is 1.96. The zero-order valence-corrected chi connectivity index (χ0v) is 60.3. The Labute approximate surface area is 569 Å². The highest BCUT2D eigenvalue weighted by atomic mass is 19.4. The molecule has 4 aliphatic heterocycles.